The lowest BCUT2D eigenvalue weighted by Gasteiger charge is -2.35. The zero-order valence-corrected chi connectivity index (χ0v) is 17.3. The highest BCUT2D eigenvalue weighted by Gasteiger charge is 2.19. The normalized spacial score (nSPS) is 15.1. The SMILES string of the molecule is CN1CCN(c2ccc(Cl)cc2NC(=O)Cn2c(=O)n(C)c3ccccc32)CC1. The number of fused-ring (bicyclic) bond motifs is 1. The second kappa shape index (κ2) is 7.93. The van der Waals surface area contributed by atoms with Crippen LogP contribution in [0.5, 0.6) is 0 Å². The van der Waals surface area contributed by atoms with Crippen LogP contribution in [0.2, 0.25) is 5.02 Å². The van der Waals surface area contributed by atoms with Crippen LogP contribution in [-0.2, 0) is 18.4 Å². The van der Waals surface area contributed by atoms with Crippen molar-refractivity contribution in [3.63, 3.8) is 0 Å². The second-order valence-electron chi connectivity index (χ2n) is 7.42. The van der Waals surface area contributed by atoms with E-state index in [1.807, 2.05) is 36.4 Å². The molecule has 3 aromatic rings. The summed E-state index contributed by atoms with van der Waals surface area (Å²) in [6.07, 6.45) is 0. The molecule has 1 fully saturated rings. The maximum atomic E-state index is 12.8. The zero-order valence-electron chi connectivity index (χ0n) is 16.6. The van der Waals surface area contributed by atoms with Crippen molar-refractivity contribution in [2.45, 2.75) is 6.54 Å². The van der Waals surface area contributed by atoms with Gasteiger partial charge in [0.1, 0.15) is 6.54 Å². The van der Waals surface area contributed by atoms with Crippen molar-refractivity contribution in [1.82, 2.24) is 14.0 Å². The molecule has 0 radical (unpaired) electrons. The Morgan fingerprint density at radius 1 is 1.03 bits per heavy atom. The number of benzene rings is 2. The molecule has 1 aliphatic heterocycles. The fourth-order valence-corrected chi connectivity index (χ4v) is 3.95. The van der Waals surface area contributed by atoms with Crippen molar-refractivity contribution in [2.24, 2.45) is 7.05 Å². The average molecular weight is 414 g/mol. The second-order valence-corrected chi connectivity index (χ2v) is 7.85. The molecule has 1 N–H and O–H groups in total. The molecular formula is C21H24ClN5O2. The van der Waals surface area contributed by atoms with E-state index in [1.165, 1.54) is 4.57 Å². The Morgan fingerprint density at radius 3 is 2.45 bits per heavy atom. The molecule has 0 aliphatic carbocycles. The number of amides is 1. The number of hydrogen-bond acceptors (Lipinski definition) is 4. The van der Waals surface area contributed by atoms with Crippen molar-refractivity contribution < 1.29 is 4.79 Å². The summed E-state index contributed by atoms with van der Waals surface area (Å²) < 4.78 is 3.04. The first-order valence-electron chi connectivity index (χ1n) is 9.61. The Bertz CT molecular complexity index is 1110. The number of nitrogens with one attached hydrogen (secondary N) is 1. The summed E-state index contributed by atoms with van der Waals surface area (Å²) in [7, 11) is 3.81. The number of likely N-dealkylation sites (N-methyl/N-ethyl adjacent to an activating group) is 1. The van der Waals surface area contributed by atoms with Gasteiger partial charge in [0, 0.05) is 38.2 Å². The molecule has 0 atom stereocenters. The van der Waals surface area contributed by atoms with Crippen LogP contribution in [0.4, 0.5) is 11.4 Å². The van der Waals surface area contributed by atoms with Gasteiger partial charge in [-0.15, -0.1) is 0 Å². The molecule has 7 nitrogen and oxygen atoms in total. The summed E-state index contributed by atoms with van der Waals surface area (Å²) in [6.45, 7) is 3.62. The van der Waals surface area contributed by atoms with E-state index in [0.717, 1.165) is 42.9 Å². The topological polar surface area (TPSA) is 62.5 Å². The molecule has 0 spiro atoms. The van der Waals surface area contributed by atoms with Gasteiger partial charge in [-0.05, 0) is 37.4 Å². The fourth-order valence-electron chi connectivity index (χ4n) is 3.78. The lowest BCUT2D eigenvalue weighted by molar-refractivity contribution is -0.116. The standard InChI is InChI=1S/C21H24ClN5O2/c1-24-9-11-26(12-10-24)17-8-7-15(22)13-16(17)23-20(28)14-27-19-6-4-3-5-18(19)25(2)21(27)29/h3-8,13H,9-12,14H2,1-2H3,(H,23,28). The number of aromatic nitrogens is 2. The van der Waals surface area contributed by atoms with Crippen LogP contribution in [0.25, 0.3) is 11.0 Å². The first-order valence-corrected chi connectivity index (χ1v) is 9.99. The van der Waals surface area contributed by atoms with Crippen molar-refractivity contribution in [3.05, 3.63) is 58.0 Å². The Morgan fingerprint density at radius 2 is 1.72 bits per heavy atom. The van der Waals surface area contributed by atoms with Gasteiger partial charge in [0.2, 0.25) is 5.91 Å². The van der Waals surface area contributed by atoms with E-state index in [4.69, 9.17) is 11.6 Å². The van der Waals surface area contributed by atoms with Gasteiger partial charge < -0.3 is 15.1 Å². The highest BCUT2D eigenvalue weighted by molar-refractivity contribution is 6.31. The van der Waals surface area contributed by atoms with E-state index < -0.39 is 0 Å². The van der Waals surface area contributed by atoms with Crippen LogP contribution in [0, 0.1) is 0 Å². The van der Waals surface area contributed by atoms with Crippen LogP contribution in [0.1, 0.15) is 0 Å². The number of imidazole rings is 1. The molecule has 0 unspecified atom stereocenters. The van der Waals surface area contributed by atoms with Gasteiger partial charge in [-0.3, -0.25) is 13.9 Å². The number of carbonyl (C=O) groups excluding carboxylic acids is 1. The van der Waals surface area contributed by atoms with E-state index in [0.29, 0.717) is 10.7 Å². The quantitative estimate of drug-likeness (QED) is 0.713. The third kappa shape index (κ3) is 3.88. The van der Waals surface area contributed by atoms with Gasteiger partial charge >= 0.3 is 5.69 Å². The Hall–Kier alpha value is -2.77. The molecule has 2 aromatic carbocycles. The van der Waals surface area contributed by atoms with E-state index in [-0.39, 0.29) is 18.1 Å². The molecule has 152 valence electrons. The number of halogens is 1. The molecule has 1 amide bonds. The van der Waals surface area contributed by atoms with Crippen molar-refractivity contribution in [3.8, 4) is 0 Å². The molecule has 0 saturated carbocycles. The maximum absolute atomic E-state index is 12.8. The molecule has 1 aromatic heterocycles. The number of piperazine rings is 1. The van der Waals surface area contributed by atoms with Gasteiger partial charge in [-0.1, -0.05) is 23.7 Å². The fraction of sp³-hybridized carbons (Fsp3) is 0.333. The molecule has 0 bridgehead atoms. The number of aryl methyl sites for hydroxylation is 1. The van der Waals surface area contributed by atoms with Crippen LogP contribution in [0.15, 0.2) is 47.3 Å². The lowest BCUT2D eigenvalue weighted by atomic mass is 10.2. The molecular weight excluding hydrogens is 390 g/mol. The largest absolute Gasteiger partial charge is 0.367 e. The maximum Gasteiger partial charge on any atom is 0.329 e. The molecule has 2 heterocycles. The Kier molecular flexibility index (Phi) is 5.34. The molecule has 29 heavy (non-hydrogen) atoms. The van der Waals surface area contributed by atoms with Crippen LogP contribution in [-0.4, -0.2) is 53.2 Å². The number of rotatable bonds is 4. The van der Waals surface area contributed by atoms with Gasteiger partial charge in [-0.2, -0.15) is 0 Å². The zero-order chi connectivity index (χ0) is 20.5. The van der Waals surface area contributed by atoms with Crippen LogP contribution in [0.3, 0.4) is 0 Å². The van der Waals surface area contributed by atoms with Crippen molar-refractivity contribution in [1.29, 1.82) is 0 Å². The lowest BCUT2D eigenvalue weighted by Crippen LogP contribution is -2.44. The minimum atomic E-state index is -0.263. The summed E-state index contributed by atoms with van der Waals surface area (Å²) in [5.41, 5.74) is 2.93. The summed E-state index contributed by atoms with van der Waals surface area (Å²) in [6, 6.07) is 13.0. The number of hydrogen-bond donors (Lipinski definition) is 1. The van der Waals surface area contributed by atoms with Crippen molar-refractivity contribution >= 4 is 39.9 Å². The first kappa shape index (κ1) is 19.5. The monoisotopic (exact) mass is 413 g/mol. The highest BCUT2D eigenvalue weighted by Crippen LogP contribution is 2.30. The minimum absolute atomic E-state index is 0.0606. The van der Waals surface area contributed by atoms with Gasteiger partial charge in [0.05, 0.1) is 22.4 Å². The molecule has 8 heteroatoms. The third-order valence-electron chi connectivity index (χ3n) is 5.43. The average Bonchev–Trinajstić information content (AvgIpc) is 2.94. The molecule has 1 aliphatic rings. The van der Waals surface area contributed by atoms with Crippen LogP contribution >= 0.6 is 11.6 Å². The summed E-state index contributed by atoms with van der Waals surface area (Å²) in [5, 5.41) is 3.52. The Balaban J connectivity index is 1.59. The predicted octanol–water partition coefficient (Wildman–Crippen LogP) is 2.38. The van der Waals surface area contributed by atoms with E-state index >= 15 is 0 Å². The number of anilines is 2. The summed E-state index contributed by atoms with van der Waals surface area (Å²) in [5.74, 6) is -0.263. The first-order chi connectivity index (χ1) is 13.9. The van der Waals surface area contributed by atoms with Crippen LogP contribution < -0.4 is 15.9 Å². The van der Waals surface area contributed by atoms with Crippen molar-refractivity contribution in [2.75, 3.05) is 43.4 Å². The molecule has 1 saturated heterocycles. The van der Waals surface area contributed by atoms with E-state index in [2.05, 4.69) is 22.2 Å². The Labute approximate surface area is 174 Å². The minimum Gasteiger partial charge on any atom is -0.367 e. The number of nitrogens with zero attached hydrogens (tertiary/aromatic N) is 4. The smallest absolute Gasteiger partial charge is 0.329 e. The van der Waals surface area contributed by atoms with E-state index in [1.54, 1.807) is 17.7 Å². The van der Waals surface area contributed by atoms with Gasteiger partial charge in [-0.25, -0.2) is 4.79 Å². The summed E-state index contributed by atoms with van der Waals surface area (Å²) >= 11 is 6.19. The number of para-hydroxylation sites is 2. The summed E-state index contributed by atoms with van der Waals surface area (Å²) in [4.78, 5) is 29.9. The molecule has 4 rings (SSSR count). The van der Waals surface area contributed by atoms with E-state index in [9.17, 15) is 9.59 Å². The predicted molar refractivity (Wildman–Crippen MR) is 117 cm³/mol. The van der Waals surface area contributed by atoms with Gasteiger partial charge in [0.15, 0.2) is 0 Å². The highest BCUT2D eigenvalue weighted by atomic mass is 35.5. The number of carbonyl (C=O) groups is 1. The van der Waals surface area contributed by atoms with Gasteiger partial charge in [0.25, 0.3) is 0 Å². The third-order valence-corrected chi connectivity index (χ3v) is 5.67.